The van der Waals surface area contributed by atoms with Gasteiger partial charge in [0.15, 0.2) is 0 Å². The zero-order valence-electron chi connectivity index (χ0n) is 20.4. The molecule has 7 rings (SSSR count). The number of thiophene rings is 2. The number of hydrogen-bond donors (Lipinski definition) is 0. The molecule has 3 aromatic heterocycles. The highest BCUT2D eigenvalue weighted by Gasteiger charge is 2.30. The lowest BCUT2D eigenvalue weighted by Crippen LogP contribution is -1.98. The van der Waals surface area contributed by atoms with Crippen LogP contribution in [-0.4, -0.2) is 14.3 Å². The quantitative estimate of drug-likeness (QED) is 0.179. The van der Waals surface area contributed by atoms with Crippen molar-refractivity contribution in [2.75, 3.05) is 0 Å². The van der Waals surface area contributed by atoms with Crippen molar-refractivity contribution < 1.29 is 13.2 Å². The summed E-state index contributed by atoms with van der Waals surface area (Å²) >= 11 is 5.37. The Bertz CT molecular complexity index is 2000. The topological polar surface area (TPSA) is 50.5 Å². The van der Waals surface area contributed by atoms with Gasteiger partial charge in [0.25, 0.3) is 0 Å². The van der Waals surface area contributed by atoms with Gasteiger partial charge in [0.1, 0.15) is 22.4 Å². The molecule has 0 unspecified atom stereocenters. The van der Waals surface area contributed by atoms with Crippen LogP contribution in [0.1, 0.15) is 5.56 Å². The average Bonchev–Trinajstić information content (AvgIpc) is 3.73. The fraction of sp³-hybridized carbons (Fsp3) is 0.0714. The summed E-state index contributed by atoms with van der Waals surface area (Å²) < 4.78 is 57.5. The van der Waals surface area contributed by atoms with Gasteiger partial charge in [-0.2, -0.15) is 30.6 Å². The first-order valence-corrected chi connectivity index (χ1v) is 15.8. The van der Waals surface area contributed by atoms with Gasteiger partial charge in [-0.3, -0.25) is 0 Å². The molecule has 0 aliphatic carbocycles. The zero-order chi connectivity index (χ0) is 27.4. The molecule has 6 aromatic rings. The maximum absolute atomic E-state index is 12.9. The van der Waals surface area contributed by atoms with E-state index in [1.54, 1.807) is 23.5 Å². The molecular formula is C28H15F3N4S5. The van der Waals surface area contributed by atoms with E-state index in [-0.39, 0.29) is 16.7 Å². The molecular weight excluding hydrogens is 610 g/mol. The lowest BCUT2D eigenvalue weighted by Gasteiger charge is -2.09. The lowest BCUT2D eigenvalue weighted by atomic mass is 10.0. The van der Waals surface area contributed by atoms with Crippen molar-refractivity contribution >= 4 is 79.9 Å². The van der Waals surface area contributed by atoms with Crippen molar-refractivity contribution in [1.29, 1.82) is 0 Å². The fourth-order valence-electron chi connectivity index (χ4n) is 4.62. The molecule has 3 aromatic carbocycles. The largest absolute Gasteiger partial charge is 0.446 e. The SMILES string of the molecule is Cc1cccc(-c2ccc(-c3c4c(c(-c5ccc(-c6cccc(SC(F)(F)F)c6)s5)c5nsnc35)N=S=N4)s2)c1. The lowest BCUT2D eigenvalue weighted by molar-refractivity contribution is -0.0328. The highest BCUT2D eigenvalue weighted by molar-refractivity contribution is 8.00. The second-order valence-corrected chi connectivity index (χ2v) is 13.3. The van der Waals surface area contributed by atoms with E-state index in [0.29, 0.717) is 0 Å². The number of aryl methyl sites for hydroxylation is 1. The predicted molar refractivity (Wildman–Crippen MR) is 163 cm³/mol. The molecule has 0 saturated heterocycles. The maximum atomic E-state index is 12.9. The Hall–Kier alpha value is -3.16. The second kappa shape index (κ2) is 10.0. The van der Waals surface area contributed by atoms with Gasteiger partial charge in [-0.1, -0.05) is 42.0 Å². The molecule has 0 saturated carbocycles. The second-order valence-electron chi connectivity index (χ2n) is 8.95. The first kappa shape index (κ1) is 25.8. The van der Waals surface area contributed by atoms with E-state index in [2.05, 4.69) is 60.8 Å². The van der Waals surface area contributed by atoms with E-state index in [4.69, 9.17) is 0 Å². The van der Waals surface area contributed by atoms with E-state index in [1.807, 2.05) is 18.2 Å². The van der Waals surface area contributed by atoms with Crippen molar-refractivity contribution in [2.45, 2.75) is 17.3 Å². The van der Waals surface area contributed by atoms with Crippen LogP contribution in [0.3, 0.4) is 0 Å². The van der Waals surface area contributed by atoms with Gasteiger partial charge < -0.3 is 0 Å². The molecule has 0 N–H and O–H groups in total. The summed E-state index contributed by atoms with van der Waals surface area (Å²) in [4.78, 5) is 4.13. The number of hydrogen-bond acceptors (Lipinski definition) is 8. The highest BCUT2D eigenvalue weighted by Crippen LogP contribution is 2.54. The van der Waals surface area contributed by atoms with E-state index in [0.717, 1.165) is 87.3 Å². The van der Waals surface area contributed by atoms with E-state index >= 15 is 0 Å². The number of nitrogens with zero attached hydrogens (tertiary/aromatic N) is 4. The minimum atomic E-state index is -4.34. The van der Waals surface area contributed by atoms with Crippen molar-refractivity contribution in [3.8, 4) is 41.8 Å². The van der Waals surface area contributed by atoms with Crippen LogP contribution in [0.2, 0.25) is 0 Å². The van der Waals surface area contributed by atoms with E-state index in [1.165, 1.54) is 23.0 Å². The summed E-state index contributed by atoms with van der Waals surface area (Å²) in [5.41, 5.74) is 3.58. The molecule has 4 heterocycles. The Morgan fingerprint density at radius 2 is 1.23 bits per heavy atom. The third-order valence-corrected chi connectivity index (χ3v) is 10.4. The first-order chi connectivity index (χ1) is 19.3. The normalized spacial score (nSPS) is 12.7. The molecule has 0 amide bonds. The van der Waals surface area contributed by atoms with E-state index < -0.39 is 5.51 Å². The summed E-state index contributed by atoms with van der Waals surface area (Å²) in [6, 6.07) is 23.1. The predicted octanol–water partition coefficient (Wildman–Crippen LogP) is 11.1. The number of thioether (sulfide) groups is 1. The van der Waals surface area contributed by atoms with Crippen LogP contribution in [-0.2, 0) is 11.4 Å². The third kappa shape index (κ3) is 4.73. The van der Waals surface area contributed by atoms with Gasteiger partial charge in [-0.15, -0.1) is 22.7 Å². The van der Waals surface area contributed by atoms with Crippen molar-refractivity contribution in [1.82, 2.24) is 8.75 Å². The number of aromatic nitrogens is 2. The molecule has 0 fully saturated rings. The molecule has 0 radical (unpaired) electrons. The Kier molecular flexibility index (Phi) is 6.47. The van der Waals surface area contributed by atoms with Crippen LogP contribution in [0.25, 0.3) is 52.8 Å². The molecule has 0 bridgehead atoms. The number of halogens is 3. The Morgan fingerprint density at radius 3 is 1.80 bits per heavy atom. The maximum Gasteiger partial charge on any atom is 0.446 e. The molecule has 1 aliphatic heterocycles. The van der Waals surface area contributed by atoms with Gasteiger partial charge in [0.2, 0.25) is 0 Å². The van der Waals surface area contributed by atoms with Gasteiger partial charge in [-0.25, -0.2) is 0 Å². The van der Waals surface area contributed by atoms with Crippen LogP contribution >= 0.6 is 46.2 Å². The van der Waals surface area contributed by atoms with Crippen LogP contribution in [0.15, 0.2) is 86.4 Å². The summed E-state index contributed by atoms with van der Waals surface area (Å²) in [6.45, 7) is 2.08. The Morgan fingerprint density at radius 1 is 0.675 bits per heavy atom. The minimum Gasteiger partial charge on any atom is -0.172 e. The van der Waals surface area contributed by atoms with Crippen molar-refractivity contribution in [3.63, 3.8) is 0 Å². The number of benzene rings is 3. The summed E-state index contributed by atoms with van der Waals surface area (Å²) in [5, 5.41) is 0. The van der Waals surface area contributed by atoms with Gasteiger partial charge in [0, 0.05) is 35.5 Å². The Balaban J connectivity index is 1.33. The minimum absolute atomic E-state index is 0.109. The number of alkyl halides is 3. The van der Waals surface area contributed by atoms with Gasteiger partial charge >= 0.3 is 5.51 Å². The Labute approximate surface area is 246 Å². The molecule has 0 spiro atoms. The average molecular weight is 625 g/mol. The highest BCUT2D eigenvalue weighted by atomic mass is 32.2. The van der Waals surface area contributed by atoms with Gasteiger partial charge in [0.05, 0.1) is 23.1 Å². The van der Waals surface area contributed by atoms with E-state index in [9.17, 15) is 13.2 Å². The monoisotopic (exact) mass is 624 g/mol. The first-order valence-electron chi connectivity index (χ1n) is 11.9. The van der Waals surface area contributed by atoms with Crippen LogP contribution < -0.4 is 0 Å². The van der Waals surface area contributed by atoms with Crippen molar-refractivity contribution in [3.05, 3.63) is 78.4 Å². The molecule has 1 aliphatic rings. The number of rotatable bonds is 5. The molecule has 0 atom stereocenters. The summed E-state index contributed by atoms with van der Waals surface area (Å²) in [7, 11) is 0. The third-order valence-electron chi connectivity index (χ3n) is 6.28. The van der Waals surface area contributed by atoms with Gasteiger partial charge in [-0.05, 0) is 66.2 Å². The molecule has 12 heteroatoms. The molecule has 40 heavy (non-hydrogen) atoms. The van der Waals surface area contributed by atoms with Crippen LogP contribution in [0, 0.1) is 6.92 Å². The van der Waals surface area contributed by atoms with Crippen molar-refractivity contribution in [2.24, 2.45) is 8.73 Å². The summed E-state index contributed by atoms with van der Waals surface area (Å²) in [5.74, 6) is 0. The zero-order valence-corrected chi connectivity index (χ0v) is 24.5. The molecule has 198 valence electrons. The molecule has 4 nitrogen and oxygen atoms in total. The summed E-state index contributed by atoms with van der Waals surface area (Å²) in [6.07, 6.45) is 0. The standard InChI is InChI=1S/C28H15F3N4S5/c1-14-4-2-5-15(12-14)18-8-10-20(36-18)22-24-26(34-39-32-24)23(27-25(22)33-40-35-27)21-11-9-19(37-21)16-6-3-7-17(13-16)38-28(29,30)31/h2-13H,1H3. The number of fused-ring (bicyclic) bond motifs is 2. The fourth-order valence-corrected chi connectivity index (χ4v) is 8.44. The van der Waals surface area contributed by atoms with Crippen LogP contribution in [0.4, 0.5) is 24.5 Å². The smallest absolute Gasteiger partial charge is 0.172 e. The van der Waals surface area contributed by atoms with Crippen LogP contribution in [0.5, 0.6) is 0 Å².